The van der Waals surface area contributed by atoms with Gasteiger partial charge >= 0.3 is 0 Å². The molecule has 112 valence electrons. The van der Waals surface area contributed by atoms with E-state index in [0.29, 0.717) is 17.9 Å². The van der Waals surface area contributed by atoms with Crippen LogP contribution in [0.1, 0.15) is 22.8 Å². The Morgan fingerprint density at radius 1 is 1.10 bits per heavy atom. The van der Waals surface area contributed by atoms with Crippen molar-refractivity contribution in [2.75, 3.05) is 14.2 Å². The molecule has 0 aromatic heterocycles. The monoisotopic (exact) mass is 290 g/mol. The number of aryl methyl sites for hydroxylation is 1. The smallest absolute Gasteiger partial charge is 0.163 e. The van der Waals surface area contributed by atoms with Crippen LogP contribution in [-0.2, 0) is 6.42 Å². The van der Waals surface area contributed by atoms with Crippen LogP contribution in [0.3, 0.4) is 0 Å². The SMILES string of the molecule is COc1cc(F)c(C(O)Cc2cccc(C)c2)cc1OC. The first-order valence-electron chi connectivity index (χ1n) is 6.70. The fourth-order valence-corrected chi connectivity index (χ4v) is 2.30. The van der Waals surface area contributed by atoms with Crippen LogP contribution >= 0.6 is 0 Å². The molecule has 2 aromatic rings. The summed E-state index contributed by atoms with van der Waals surface area (Å²) in [4.78, 5) is 0. The molecule has 1 unspecified atom stereocenters. The molecule has 0 radical (unpaired) electrons. The van der Waals surface area contributed by atoms with Crippen molar-refractivity contribution < 1.29 is 19.0 Å². The van der Waals surface area contributed by atoms with Gasteiger partial charge in [0.15, 0.2) is 11.5 Å². The summed E-state index contributed by atoms with van der Waals surface area (Å²) in [5.41, 5.74) is 2.26. The highest BCUT2D eigenvalue weighted by molar-refractivity contribution is 5.44. The maximum atomic E-state index is 14.1. The Kier molecular flexibility index (Phi) is 4.81. The third-order valence-electron chi connectivity index (χ3n) is 3.37. The van der Waals surface area contributed by atoms with Crippen molar-refractivity contribution in [2.24, 2.45) is 0 Å². The standard InChI is InChI=1S/C17H19FO3/c1-11-5-4-6-12(7-11)8-15(19)13-9-16(20-2)17(21-3)10-14(13)18/h4-7,9-10,15,19H,8H2,1-3H3. The molecule has 1 N–H and O–H groups in total. The number of aliphatic hydroxyl groups is 1. The number of benzene rings is 2. The van der Waals surface area contributed by atoms with E-state index in [1.54, 1.807) is 0 Å². The van der Waals surface area contributed by atoms with Gasteiger partial charge in [-0.2, -0.15) is 0 Å². The van der Waals surface area contributed by atoms with Crippen molar-refractivity contribution in [1.29, 1.82) is 0 Å². The second kappa shape index (κ2) is 6.59. The molecule has 3 nitrogen and oxygen atoms in total. The van der Waals surface area contributed by atoms with Gasteiger partial charge in [0.2, 0.25) is 0 Å². The van der Waals surface area contributed by atoms with Gasteiger partial charge in [0, 0.05) is 18.1 Å². The molecule has 0 fully saturated rings. The van der Waals surface area contributed by atoms with Crippen LogP contribution < -0.4 is 9.47 Å². The Morgan fingerprint density at radius 2 is 1.76 bits per heavy atom. The molecule has 0 spiro atoms. The van der Waals surface area contributed by atoms with E-state index >= 15 is 0 Å². The molecule has 1 atom stereocenters. The van der Waals surface area contributed by atoms with Crippen LogP contribution in [0, 0.1) is 12.7 Å². The molecular formula is C17H19FO3. The normalized spacial score (nSPS) is 12.0. The Balaban J connectivity index is 2.28. The van der Waals surface area contributed by atoms with Gasteiger partial charge in [-0.15, -0.1) is 0 Å². The maximum absolute atomic E-state index is 14.1. The summed E-state index contributed by atoms with van der Waals surface area (Å²) in [5.74, 6) is 0.200. The van der Waals surface area contributed by atoms with Crippen LogP contribution in [0.4, 0.5) is 4.39 Å². The maximum Gasteiger partial charge on any atom is 0.163 e. The Hall–Kier alpha value is -2.07. The summed E-state index contributed by atoms with van der Waals surface area (Å²) >= 11 is 0. The average molecular weight is 290 g/mol. The first kappa shape index (κ1) is 15.3. The van der Waals surface area contributed by atoms with Gasteiger partial charge in [-0.05, 0) is 18.6 Å². The summed E-state index contributed by atoms with van der Waals surface area (Å²) in [5, 5.41) is 10.3. The minimum absolute atomic E-state index is 0.203. The van der Waals surface area contributed by atoms with Crippen LogP contribution in [0.5, 0.6) is 11.5 Å². The molecule has 0 amide bonds. The van der Waals surface area contributed by atoms with Gasteiger partial charge in [-0.1, -0.05) is 29.8 Å². The van der Waals surface area contributed by atoms with E-state index in [-0.39, 0.29) is 5.56 Å². The summed E-state index contributed by atoms with van der Waals surface area (Å²) < 4.78 is 24.3. The zero-order valence-corrected chi connectivity index (χ0v) is 12.4. The van der Waals surface area contributed by atoms with Crippen LogP contribution in [0.2, 0.25) is 0 Å². The quantitative estimate of drug-likeness (QED) is 0.917. The Bertz CT molecular complexity index is 625. The number of hydrogen-bond acceptors (Lipinski definition) is 3. The van der Waals surface area contributed by atoms with Gasteiger partial charge in [0.25, 0.3) is 0 Å². The Labute approximate surface area is 124 Å². The molecular weight excluding hydrogens is 271 g/mol. The van der Waals surface area contributed by atoms with E-state index < -0.39 is 11.9 Å². The lowest BCUT2D eigenvalue weighted by Crippen LogP contribution is -2.06. The molecule has 0 aliphatic rings. The zero-order valence-electron chi connectivity index (χ0n) is 12.4. The highest BCUT2D eigenvalue weighted by Crippen LogP contribution is 2.33. The van der Waals surface area contributed by atoms with Gasteiger partial charge < -0.3 is 14.6 Å². The van der Waals surface area contributed by atoms with E-state index in [2.05, 4.69) is 0 Å². The second-order valence-electron chi connectivity index (χ2n) is 4.94. The Morgan fingerprint density at radius 3 is 2.38 bits per heavy atom. The summed E-state index contributed by atoms with van der Waals surface area (Å²) in [7, 11) is 2.92. The predicted molar refractivity (Wildman–Crippen MR) is 79.3 cm³/mol. The molecule has 2 rings (SSSR count). The highest BCUT2D eigenvalue weighted by Gasteiger charge is 2.18. The van der Waals surface area contributed by atoms with E-state index in [4.69, 9.17) is 9.47 Å². The lowest BCUT2D eigenvalue weighted by atomic mass is 9.99. The van der Waals surface area contributed by atoms with Crippen molar-refractivity contribution in [1.82, 2.24) is 0 Å². The van der Waals surface area contributed by atoms with Crippen molar-refractivity contribution in [3.8, 4) is 11.5 Å². The minimum Gasteiger partial charge on any atom is -0.493 e. The van der Waals surface area contributed by atoms with Crippen LogP contribution in [-0.4, -0.2) is 19.3 Å². The van der Waals surface area contributed by atoms with E-state index in [1.807, 2.05) is 31.2 Å². The topological polar surface area (TPSA) is 38.7 Å². The molecule has 0 heterocycles. The van der Waals surface area contributed by atoms with E-state index in [0.717, 1.165) is 11.1 Å². The summed E-state index contributed by atoms with van der Waals surface area (Å²) in [6.07, 6.45) is -0.597. The average Bonchev–Trinajstić information content (AvgIpc) is 2.46. The number of methoxy groups -OCH3 is 2. The third kappa shape index (κ3) is 3.52. The second-order valence-corrected chi connectivity index (χ2v) is 4.94. The lowest BCUT2D eigenvalue weighted by Gasteiger charge is -2.15. The number of halogens is 1. The lowest BCUT2D eigenvalue weighted by molar-refractivity contribution is 0.173. The van der Waals surface area contributed by atoms with Crippen molar-refractivity contribution in [3.63, 3.8) is 0 Å². The van der Waals surface area contributed by atoms with Gasteiger partial charge in [-0.25, -0.2) is 4.39 Å². The predicted octanol–water partition coefficient (Wildman–Crippen LogP) is 3.43. The molecule has 0 aliphatic carbocycles. The van der Waals surface area contributed by atoms with E-state index in [9.17, 15) is 9.50 Å². The van der Waals surface area contributed by atoms with Crippen LogP contribution in [0.25, 0.3) is 0 Å². The summed E-state index contributed by atoms with van der Waals surface area (Å²) in [6.45, 7) is 1.98. The third-order valence-corrected chi connectivity index (χ3v) is 3.37. The fraction of sp³-hybridized carbons (Fsp3) is 0.294. The molecule has 21 heavy (non-hydrogen) atoms. The number of ether oxygens (including phenoxy) is 2. The van der Waals surface area contributed by atoms with Crippen molar-refractivity contribution in [2.45, 2.75) is 19.4 Å². The molecule has 2 aromatic carbocycles. The highest BCUT2D eigenvalue weighted by atomic mass is 19.1. The van der Waals surface area contributed by atoms with Gasteiger partial charge in [0.1, 0.15) is 5.82 Å². The zero-order chi connectivity index (χ0) is 15.4. The number of hydrogen-bond donors (Lipinski definition) is 1. The molecule has 0 bridgehead atoms. The number of rotatable bonds is 5. The molecule has 0 saturated carbocycles. The van der Waals surface area contributed by atoms with Crippen molar-refractivity contribution >= 4 is 0 Å². The molecule has 0 aliphatic heterocycles. The fourth-order valence-electron chi connectivity index (χ4n) is 2.30. The molecule has 4 heteroatoms. The summed E-state index contributed by atoms with van der Waals surface area (Å²) in [6, 6.07) is 10.5. The van der Waals surface area contributed by atoms with E-state index in [1.165, 1.54) is 26.4 Å². The number of aliphatic hydroxyl groups excluding tert-OH is 1. The van der Waals surface area contributed by atoms with Gasteiger partial charge in [0.05, 0.1) is 20.3 Å². The first-order valence-corrected chi connectivity index (χ1v) is 6.70. The van der Waals surface area contributed by atoms with Gasteiger partial charge in [-0.3, -0.25) is 0 Å². The van der Waals surface area contributed by atoms with Crippen LogP contribution in [0.15, 0.2) is 36.4 Å². The van der Waals surface area contributed by atoms with Crippen molar-refractivity contribution in [3.05, 3.63) is 58.9 Å². The minimum atomic E-state index is -0.938. The first-order chi connectivity index (χ1) is 10.0. The largest absolute Gasteiger partial charge is 0.493 e. The molecule has 0 saturated heterocycles.